The molecule has 4 aromatic rings. The van der Waals surface area contributed by atoms with Gasteiger partial charge in [-0.15, -0.1) is 0 Å². The van der Waals surface area contributed by atoms with Gasteiger partial charge >= 0.3 is 6.18 Å². The zero-order valence-corrected chi connectivity index (χ0v) is 17.9. The molecule has 4 rings (SSSR count). The SMILES string of the molecule is CS(=O)(=O)Nc1ccccc1-c1ccc2nc(C=Cc3cc(F)cc(C(F)(F)F)c3)[nH]c2c1. The van der Waals surface area contributed by atoms with E-state index in [4.69, 9.17) is 0 Å². The number of H-pyrrole nitrogens is 1. The van der Waals surface area contributed by atoms with Gasteiger partial charge in [0.15, 0.2) is 0 Å². The van der Waals surface area contributed by atoms with Gasteiger partial charge in [0.1, 0.15) is 11.6 Å². The number of nitrogens with zero attached hydrogens (tertiary/aromatic N) is 1. The maximum absolute atomic E-state index is 13.6. The number of alkyl halides is 3. The van der Waals surface area contributed by atoms with E-state index >= 15 is 0 Å². The van der Waals surface area contributed by atoms with Crippen LogP contribution in [0.1, 0.15) is 17.0 Å². The van der Waals surface area contributed by atoms with Crippen molar-refractivity contribution in [3.05, 3.63) is 83.4 Å². The first-order valence-electron chi connectivity index (χ1n) is 9.61. The van der Waals surface area contributed by atoms with Crippen LogP contribution >= 0.6 is 0 Å². The number of sulfonamides is 1. The van der Waals surface area contributed by atoms with Crippen molar-refractivity contribution in [2.75, 3.05) is 11.0 Å². The first-order valence-corrected chi connectivity index (χ1v) is 11.5. The summed E-state index contributed by atoms with van der Waals surface area (Å²) in [6.07, 6.45) is -0.796. The predicted octanol–water partition coefficient (Wildman–Crippen LogP) is 5.93. The van der Waals surface area contributed by atoms with Crippen molar-refractivity contribution < 1.29 is 26.0 Å². The van der Waals surface area contributed by atoms with E-state index in [1.807, 2.05) is 0 Å². The van der Waals surface area contributed by atoms with E-state index in [0.717, 1.165) is 24.0 Å². The highest BCUT2D eigenvalue weighted by Crippen LogP contribution is 2.32. The molecule has 0 saturated carbocycles. The number of hydrogen-bond donors (Lipinski definition) is 2. The molecule has 0 radical (unpaired) electrons. The maximum atomic E-state index is 13.6. The van der Waals surface area contributed by atoms with Crippen molar-refractivity contribution in [3.63, 3.8) is 0 Å². The summed E-state index contributed by atoms with van der Waals surface area (Å²) in [5.41, 5.74) is 2.02. The lowest BCUT2D eigenvalue weighted by Crippen LogP contribution is -2.10. The lowest BCUT2D eigenvalue weighted by molar-refractivity contribution is -0.137. The number of halogens is 4. The molecular weight excluding hydrogens is 458 g/mol. The van der Waals surface area contributed by atoms with Crippen molar-refractivity contribution in [3.8, 4) is 11.1 Å². The summed E-state index contributed by atoms with van der Waals surface area (Å²) in [5.74, 6) is -0.623. The molecule has 1 heterocycles. The lowest BCUT2D eigenvalue weighted by Gasteiger charge is -2.10. The second-order valence-electron chi connectivity index (χ2n) is 7.38. The summed E-state index contributed by atoms with van der Waals surface area (Å²) in [6, 6.07) is 14.5. The van der Waals surface area contributed by atoms with E-state index in [-0.39, 0.29) is 5.56 Å². The highest BCUT2D eigenvalue weighted by Gasteiger charge is 2.31. The second-order valence-corrected chi connectivity index (χ2v) is 9.13. The number of imidazole rings is 1. The Hall–Kier alpha value is -3.66. The average Bonchev–Trinajstić information content (AvgIpc) is 3.12. The summed E-state index contributed by atoms with van der Waals surface area (Å²) in [6.45, 7) is 0. The number of hydrogen-bond acceptors (Lipinski definition) is 3. The van der Waals surface area contributed by atoms with Crippen molar-refractivity contribution >= 4 is 38.9 Å². The van der Waals surface area contributed by atoms with E-state index in [2.05, 4.69) is 14.7 Å². The molecule has 0 spiro atoms. The lowest BCUT2D eigenvalue weighted by atomic mass is 10.0. The van der Waals surface area contributed by atoms with Gasteiger partial charge in [-0.1, -0.05) is 30.3 Å². The minimum absolute atomic E-state index is 0.0456. The molecule has 2 N–H and O–H groups in total. The zero-order valence-electron chi connectivity index (χ0n) is 17.1. The number of aromatic nitrogens is 2. The largest absolute Gasteiger partial charge is 0.416 e. The third-order valence-corrected chi connectivity index (χ3v) is 5.31. The number of rotatable bonds is 5. The number of para-hydroxylation sites is 1. The molecule has 0 aliphatic heterocycles. The van der Waals surface area contributed by atoms with Gasteiger partial charge in [-0.05, 0) is 53.6 Å². The second kappa shape index (κ2) is 8.36. The molecule has 0 unspecified atom stereocenters. The number of anilines is 1. The highest BCUT2D eigenvalue weighted by atomic mass is 32.2. The summed E-state index contributed by atoms with van der Waals surface area (Å²) in [4.78, 5) is 7.42. The number of aromatic amines is 1. The zero-order chi connectivity index (χ0) is 23.8. The van der Waals surface area contributed by atoms with Crippen LogP contribution in [-0.2, 0) is 16.2 Å². The van der Waals surface area contributed by atoms with Gasteiger partial charge in [-0.25, -0.2) is 17.8 Å². The van der Waals surface area contributed by atoms with E-state index in [1.54, 1.807) is 42.5 Å². The predicted molar refractivity (Wildman–Crippen MR) is 120 cm³/mol. The van der Waals surface area contributed by atoms with Crippen LogP contribution in [0.3, 0.4) is 0 Å². The monoisotopic (exact) mass is 475 g/mol. The molecular formula is C23H17F4N3O2S. The van der Waals surface area contributed by atoms with Crippen LogP contribution < -0.4 is 4.72 Å². The Morgan fingerprint density at radius 1 is 1.00 bits per heavy atom. The molecule has 5 nitrogen and oxygen atoms in total. The Kier molecular flexibility index (Phi) is 5.71. The van der Waals surface area contributed by atoms with E-state index in [9.17, 15) is 26.0 Å². The number of nitrogens with one attached hydrogen (secondary N) is 2. The van der Waals surface area contributed by atoms with Crippen LogP contribution in [0.25, 0.3) is 34.3 Å². The van der Waals surface area contributed by atoms with Gasteiger partial charge < -0.3 is 4.98 Å². The quantitative estimate of drug-likeness (QED) is 0.352. The van der Waals surface area contributed by atoms with E-state index < -0.39 is 27.6 Å². The molecule has 0 amide bonds. The fraction of sp³-hybridized carbons (Fsp3) is 0.0870. The van der Waals surface area contributed by atoms with Gasteiger partial charge in [-0.3, -0.25) is 4.72 Å². The maximum Gasteiger partial charge on any atom is 0.416 e. The Balaban J connectivity index is 1.66. The van der Waals surface area contributed by atoms with E-state index in [1.165, 1.54) is 12.2 Å². The van der Waals surface area contributed by atoms with Crippen molar-refractivity contribution in [1.29, 1.82) is 0 Å². The number of fused-ring (bicyclic) bond motifs is 1. The molecule has 3 aromatic carbocycles. The minimum atomic E-state index is -4.65. The smallest absolute Gasteiger partial charge is 0.338 e. The highest BCUT2D eigenvalue weighted by molar-refractivity contribution is 7.92. The third kappa shape index (κ3) is 5.40. The third-order valence-electron chi connectivity index (χ3n) is 4.71. The van der Waals surface area contributed by atoms with Gasteiger partial charge in [0.05, 0.1) is 28.5 Å². The van der Waals surface area contributed by atoms with Crippen LogP contribution in [0.4, 0.5) is 23.2 Å². The Morgan fingerprint density at radius 2 is 1.76 bits per heavy atom. The molecule has 0 saturated heterocycles. The Labute approximate surface area is 186 Å². The molecule has 0 aliphatic rings. The first kappa shape index (κ1) is 22.5. The summed E-state index contributed by atoms with van der Waals surface area (Å²) >= 11 is 0. The fourth-order valence-corrected chi connectivity index (χ4v) is 3.92. The Morgan fingerprint density at radius 3 is 2.48 bits per heavy atom. The first-order chi connectivity index (χ1) is 15.5. The molecule has 33 heavy (non-hydrogen) atoms. The van der Waals surface area contributed by atoms with Gasteiger partial charge in [-0.2, -0.15) is 13.2 Å². The molecule has 10 heteroatoms. The normalized spacial score (nSPS) is 12.5. The van der Waals surface area contributed by atoms with Crippen LogP contribution in [0, 0.1) is 5.82 Å². The molecule has 170 valence electrons. The van der Waals surface area contributed by atoms with E-state index in [0.29, 0.717) is 34.2 Å². The van der Waals surface area contributed by atoms with Gasteiger partial charge in [0, 0.05) is 5.56 Å². The van der Waals surface area contributed by atoms with Crippen molar-refractivity contribution in [2.45, 2.75) is 6.18 Å². The van der Waals surface area contributed by atoms with Crippen molar-refractivity contribution in [1.82, 2.24) is 9.97 Å². The molecule has 0 atom stereocenters. The summed E-state index contributed by atoms with van der Waals surface area (Å²) < 4.78 is 78.1. The van der Waals surface area contributed by atoms with Crippen LogP contribution in [0.15, 0.2) is 60.7 Å². The molecule has 1 aromatic heterocycles. The van der Waals surface area contributed by atoms with Gasteiger partial charge in [0.2, 0.25) is 10.0 Å². The van der Waals surface area contributed by atoms with Crippen LogP contribution in [0.2, 0.25) is 0 Å². The minimum Gasteiger partial charge on any atom is -0.338 e. The topological polar surface area (TPSA) is 74.8 Å². The molecule has 0 bridgehead atoms. The van der Waals surface area contributed by atoms with Crippen molar-refractivity contribution in [2.24, 2.45) is 0 Å². The summed E-state index contributed by atoms with van der Waals surface area (Å²) in [5, 5.41) is 0. The number of benzene rings is 3. The van der Waals surface area contributed by atoms with Gasteiger partial charge in [0.25, 0.3) is 0 Å². The summed E-state index contributed by atoms with van der Waals surface area (Å²) in [7, 11) is -3.47. The molecule has 0 aliphatic carbocycles. The fourth-order valence-electron chi connectivity index (χ4n) is 3.35. The molecule has 0 fully saturated rings. The average molecular weight is 475 g/mol. The van der Waals surface area contributed by atoms with Crippen LogP contribution in [-0.4, -0.2) is 24.6 Å². The Bertz CT molecular complexity index is 1470. The van der Waals surface area contributed by atoms with Crippen LogP contribution in [0.5, 0.6) is 0 Å². The standard InChI is InChI=1S/C23H17F4N3O2S/c1-33(31,32)30-19-5-3-2-4-18(19)15-7-8-20-21(12-15)29-22(28-20)9-6-14-10-16(23(25,26)27)13-17(24)11-14/h2-13,30H,1H3,(H,28,29).